The maximum atomic E-state index is 10.9. The average molecular weight is 327 g/mol. The van der Waals surface area contributed by atoms with Gasteiger partial charge in [0, 0.05) is 28.9 Å². The quantitative estimate of drug-likeness (QED) is 0.883. The van der Waals surface area contributed by atoms with E-state index in [1.165, 1.54) is 0 Å². The molecule has 112 valence electrons. The number of aliphatic carboxylic acids is 1. The molecule has 0 fully saturated rings. The van der Waals surface area contributed by atoms with Gasteiger partial charge in [0.2, 0.25) is 0 Å². The van der Waals surface area contributed by atoms with Gasteiger partial charge in [-0.15, -0.1) is 12.4 Å². The van der Waals surface area contributed by atoms with E-state index in [-0.39, 0.29) is 31.3 Å². The van der Waals surface area contributed by atoms with Crippen LogP contribution in [0.15, 0.2) is 42.7 Å². The monoisotopic (exact) mass is 326 g/mol. The van der Waals surface area contributed by atoms with Crippen molar-refractivity contribution in [1.29, 1.82) is 0 Å². The highest BCUT2D eigenvalue weighted by Gasteiger charge is 2.15. The van der Waals surface area contributed by atoms with Crippen LogP contribution in [0, 0.1) is 0 Å². The lowest BCUT2D eigenvalue weighted by molar-refractivity contribution is -0.137. The van der Waals surface area contributed by atoms with Gasteiger partial charge in [0.25, 0.3) is 0 Å². The van der Waals surface area contributed by atoms with Crippen molar-refractivity contribution >= 4 is 30.0 Å². The molecule has 4 nitrogen and oxygen atoms in total. The van der Waals surface area contributed by atoms with E-state index in [0.29, 0.717) is 5.02 Å². The summed E-state index contributed by atoms with van der Waals surface area (Å²) in [7, 11) is 0. The third-order valence-corrected chi connectivity index (χ3v) is 3.49. The van der Waals surface area contributed by atoms with Gasteiger partial charge >= 0.3 is 5.97 Å². The highest BCUT2D eigenvalue weighted by Crippen LogP contribution is 2.31. The van der Waals surface area contributed by atoms with Gasteiger partial charge in [-0.1, -0.05) is 17.7 Å². The fourth-order valence-electron chi connectivity index (χ4n) is 2.10. The molecule has 1 heterocycles. The van der Waals surface area contributed by atoms with Crippen LogP contribution in [0.1, 0.15) is 17.9 Å². The predicted molar refractivity (Wildman–Crippen MR) is 86.0 cm³/mol. The van der Waals surface area contributed by atoms with Crippen LogP contribution >= 0.6 is 24.0 Å². The molecule has 6 heteroatoms. The van der Waals surface area contributed by atoms with Crippen LogP contribution in [0.4, 0.5) is 0 Å². The summed E-state index contributed by atoms with van der Waals surface area (Å²) in [6, 6.07) is 9.22. The van der Waals surface area contributed by atoms with Crippen LogP contribution < -0.4 is 5.73 Å². The zero-order valence-corrected chi connectivity index (χ0v) is 12.8. The van der Waals surface area contributed by atoms with Gasteiger partial charge in [-0.05, 0) is 41.9 Å². The number of nitrogens with two attached hydrogens (primary N) is 1. The number of benzene rings is 1. The third-order valence-electron chi connectivity index (χ3n) is 3.16. The number of pyridine rings is 1. The van der Waals surface area contributed by atoms with Crippen molar-refractivity contribution < 1.29 is 9.90 Å². The van der Waals surface area contributed by atoms with Gasteiger partial charge in [0.15, 0.2) is 0 Å². The highest BCUT2D eigenvalue weighted by atomic mass is 35.5. The second-order valence-electron chi connectivity index (χ2n) is 4.51. The summed E-state index contributed by atoms with van der Waals surface area (Å²) < 4.78 is 0. The molecule has 0 aliphatic heterocycles. The molecule has 0 saturated heterocycles. The first-order valence-corrected chi connectivity index (χ1v) is 6.61. The molecule has 0 aliphatic carbocycles. The topological polar surface area (TPSA) is 76.2 Å². The Balaban J connectivity index is 0.00000220. The fraction of sp³-hybridized carbons (Fsp3) is 0.200. The second kappa shape index (κ2) is 7.98. The summed E-state index contributed by atoms with van der Waals surface area (Å²) >= 11 is 6.22. The lowest BCUT2D eigenvalue weighted by atomic mass is 9.93. The second-order valence-corrected chi connectivity index (χ2v) is 4.91. The van der Waals surface area contributed by atoms with Crippen molar-refractivity contribution in [1.82, 2.24) is 4.98 Å². The van der Waals surface area contributed by atoms with Crippen LogP contribution in [0.2, 0.25) is 5.02 Å². The number of carbonyl (C=O) groups is 1. The predicted octanol–water partition coefficient (Wildman–Crippen LogP) is 3.34. The molecule has 2 rings (SSSR count). The number of aromatic nitrogens is 1. The normalized spacial score (nSPS) is 11.5. The van der Waals surface area contributed by atoms with E-state index >= 15 is 0 Å². The molecule has 2 aromatic rings. The van der Waals surface area contributed by atoms with E-state index in [0.717, 1.165) is 16.7 Å². The maximum absolute atomic E-state index is 10.9. The molecule has 0 aliphatic rings. The molecule has 0 unspecified atom stereocenters. The van der Waals surface area contributed by atoms with Gasteiger partial charge in [-0.3, -0.25) is 9.78 Å². The fourth-order valence-corrected chi connectivity index (χ4v) is 2.32. The average Bonchev–Trinajstić information content (AvgIpc) is 2.46. The summed E-state index contributed by atoms with van der Waals surface area (Å²) in [5.41, 5.74) is 8.35. The Kier molecular flexibility index (Phi) is 6.62. The third kappa shape index (κ3) is 4.43. The molecule has 0 bridgehead atoms. The molecule has 0 radical (unpaired) electrons. The van der Waals surface area contributed by atoms with Crippen molar-refractivity contribution in [2.75, 3.05) is 6.54 Å². The van der Waals surface area contributed by atoms with Crippen molar-refractivity contribution in [2.45, 2.75) is 12.3 Å². The number of hydrogen-bond donors (Lipinski definition) is 2. The molecule has 1 aromatic heterocycles. The lowest BCUT2D eigenvalue weighted by Crippen LogP contribution is -2.16. The van der Waals surface area contributed by atoms with Gasteiger partial charge in [0.05, 0.1) is 6.42 Å². The highest BCUT2D eigenvalue weighted by molar-refractivity contribution is 6.33. The van der Waals surface area contributed by atoms with Crippen molar-refractivity contribution in [3.63, 3.8) is 0 Å². The summed E-state index contributed by atoms with van der Waals surface area (Å²) in [6.45, 7) is 0.281. The molecule has 3 N–H and O–H groups in total. The van der Waals surface area contributed by atoms with E-state index in [4.69, 9.17) is 22.4 Å². The molecule has 0 amide bonds. The summed E-state index contributed by atoms with van der Waals surface area (Å²) in [5, 5.41) is 9.54. The number of carboxylic acids is 1. The first-order valence-electron chi connectivity index (χ1n) is 6.23. The summed E-state index contributed by atoms with van der Waals surface area (Å²) in [6.07, 6.45) is 3.39. The zero-order valence-electron chi connectivity index (χ0n) is 11.2. The Morgan fingerprint density at radius 1 is 1.29 bits per heavy atom. The standard InChI is InChI=1S/C15H15ClN2O2.ClH/c16-14-2-1-11(12(9-17)8-15(19)20)7-13(14)10-3-5-18-6-4-10;/h1-7,12H,8-9,17H2,(H,19,20);1H/t12-;/m0./s1. The first-order chi connectivity index (χ1) is 9.61. The molecular formula is C15H16Cl2N2O2. The van der Waals surface area contributed by atoms with Gasteiger partial charge < -0.3 is 10.8 Å². The molecule has 0 spiro atoms. The first kappa shape index (κ1) is 17.4. The number of carboxylic acid groups (broad SMARTS) is 1. The minimum absolute atomic E-state index is 0. The minimum atomic E-state index is -0.860. The smallest absolute Gasteiger partial charge is 0.304 e. The zero-order chi connectivity index (χ0) is 14.5. The Morgan fingerprint density at radius 3 is 2.52 bits per heavy atom. The van der Waals surface area contributed by atoms with Gasteiger partial charge in [0.1, 0.15) is 0 Å². The van der Waals surface area contributed by atoms with Gasteiger partial charge in [-0.25, -0.2) is 0 Å². The summed E-state index contributed by atoms with van der Waals surface area (Å²) in [4.78, 5) is 14.8. The Bertz CT molecular complexity index is 606. The van der Waals surface area contributed by atoms with Crippen LogP contribution in [-0.2, 0) is 4.79 Å². The number of nitrogens with zero attached hydrogens (tertiary/aromatic N) is 1. The van der Waals surface area contributed by atoms with Crippen LogP contribution in [0.5, 0.6) is 0 Å². The largest absolute Gasteiger partial charge is 0.481 e. The van der Waals surface area contributed by atoms with Crippen LogP contribution in [-0.4, -0.2) is 22.6 Å². The SMILES string of the molecule is Cl.NC[C@H](CC(=O)O)c1ccc(Cl)c(-c2ccncc2)c1. The van der Waals surface area contributed by atoms with Crippen molar-refractivity contribution in [3.05, 3.63) is 53.3 Å². The van der Waals surface area contributed by atoms with E-state index in [1.807, 2.05) is 24.3 Å². The van der Waals surface area contributed by atoms with E-state index < -0.39 is 5.97 Å². The number of rotatable bonds is 5. The number of hydrogen-bond acceptors (Lipinski definition) is 3. The molecular weight excluding hydrogens is 311 g/mol. The molecule has 1 aromatic carbocycles. The summed E-state index contributed by atoms with van der Waals surface area (Å²) in [5.74, 6) is -1.08. The van der Waals surface area contributed by atoms with Crippen LogP contribution in [0.25, 0.3) is 11.1 Å². The maximum Gasteiger partial charge on any atom is 0.304 e. The van der Waals surface area contributed by atoms with E-state index in [2.05, 4.69) is 4.98 Å². The molecule has 21 heavy (non-hydrogen) atoms. The molecule has 1 atom stereocenters. The van der Waals surface area contributed by atoms with Gasteiger partial charge in [-0.2, -0.15) is 0 Å². The number of halogens is 2. The van der Waals surface area contributed by atoms with E-state index in [1.54, 1.807) is 18.5 Å². The van der Waals surface area contributed by atoms with Crippen molar-refractivity contribution in [3.8, 4) is 11.1 Å². The van der Waals surface area contributed by atoms with Crippen molar-refractivity contribution in [2.24, 2.45) is 5.73 Å². The molecule has 0 saturated carbocycles. The minimum Gasteiger partial charge on any atom is -0.481 e. The Hall–Kier alpha value is -1.62. The Labute approximate surface area is 134 Å². The Morgan fingerprint density at radius 2 is 1.95 bits per heavy atom. The van der Waals surface area contributed by atoms with E-state index in [9.17, 15) is 4.79 Å². The van der Waals surface area contributed by atoms with Crippen LogP contribution in [0.3, 0.4) is 0 Å². The lowest BCUT2D eigenvalue weighted by Gasteiger charge is -2.15.